The molecule has 82 valence electrons. The van der Waals surface area contributed by atoms with E-state index in [4.69, 9.17) is 11.6 Å². The van der Waals surface area contributed by atoms with Crippen molar-refractivity contribution in [2.75, 3.05) is 0 Å². The minimum absolute atomic E-state index is 0.224. The third-order valence-electron chi connectivity index (χ3n) is 2.43. The number of benzene rings is 2. The van der Waals surface area contributed by atoms with Crippen molar-refractivity contribution in [1.82, 2.24) is 0 Å². The first-order valence-electron chi connectivity index (χ1n) is 4.80. The predicted molar refractivity (Wildman–Crippen MR) is 61.5 cm³/mol. The lowest BCUT2D eigenvalue weighted by atomic mass is 10.0. The zero-order valence-corrected chi connectivity index (χ0v) is 9.35. The van der Waals surface area contributed by atoms with Crippen LogP contribution in [0.3, 0.4) is 0 Å². The summed E-state index contributed by atoms with van der Waals surface area (Å²) in [6.45, 7) is 1.86. The van der Waals surface area contributed by atoms with Crippen molar-refractivity contribution in [3.63, 3.8) is 0 Å². The Bertz CT molecular complexity index is 535. The van der Waals surface area contributed by atoms with Crippen molar-refractivity contribution in [3.8, 4) is 11.1 Å². The summed E-state index contributed by atoms with van der Waals surface area (Å²) in [6.07, 6.45) is 0. The first-order chi connectivity index (χ1) is 7.59. The molecule has 0 spiro atoms. The van der Waals surface area contributed by atoms with Crippen LogP contribution in [0, 0.1) is 18.6 Å². The molecule has 0 bridgehead atoms. The maximum atomic E-state index is 13.5. The molecule has 0 aromatic heterocycles. The predicted octanol–water partition coefficient (Wildman–Crippen LogP) is 4.59. The lowest BCUT2D eigenvalue weighted by molar-refractivity contribution is 0.511. The van der Waals surface area contributed by atoms with Crippen molar-refractivity contribution >= 4 is 11.6 Å². The van der Waals surface area contributed by atoms with Crippen LogP contribution in [0.5, 0.6) is 0 Å². The van der Waals surface area contributed by atoms with Crippen LogP contribution in [0.15, 0.2) is 36.4 Å². The van der Waals surface area contributed by atoms with Crippen LogP contribution in [0.2, 0.25) is 5.02 Å². The van der Waals surface area contributed by atoms with Gasteiger partial charge in [-0.3, -0.25) is 0 Å². The van der Waals surface area contributed by atoms with Gasteiger partial charge in [0.25, 0.3) is 0 Å². The maximum Gasteiger partial charge on any atom is 0.166 e. The molecule has 0 unspecified atom stereocenters. The minimum Gasteiger partial charge on any atom is -0.204 e. The summed E-state index contributed by atoms with van der Waals surface area (Å²) in [5.41, 5.74) is 1.71. The molecule has 0 saturated carbocycles. The van der Waals surface area contributed by atoms with E-state index >= 15 is 0 Å². The van der Waals surface area contributed by atoms with E-state index in [2.05, 4.69) is 0 Å². The quantitative estimate of drug-likeness (QED) is 0.682. The van der Waals surface area contributed by atoms with Gasteiger partial charge in [-0.05, 0) is 30.2 Å². The Labute approximate surface area is 97.5 Å². The molecular weight excluding hydrogens is 230 g/mol. The molecule has 2 aromatic rings. The van der Waals surface area contributed by atoms with Gasteiger partial charge < -0.3 is 0 Å². The van der Waals surface area contributed by atoms with Crippen LogP contribution in [0.1, 0.15) is 5.56 Å². The summed E-state index contributed by atoms with van der Waals surface area (Å²) in [4.78, 5) is 0. The topological polar surface area (TPSA) is 0 Å². The van der Waals surface area contributed by atoms with Gasteiger partial charge in [0.1, 0.15) is 0 Å². The highest BCUT2D eigenvalue weighted by atomic mass is 35.5. The van der Waals surface area contributed by atoms with E-state index in [9.17, 15) is 8.78 Å². The SMILES string of the molecule is Cc1ccc(-c2cccc(F)c2F)cc1Cl. The fourth-order valence-corrected chi connectivity index (χ4v) is 1.67. The van der Waals surface area contributed by atoms with E-state index in [1.165, 1.54) is 12.1 Å². The molecular formula is C13H9ClF2. The standard InChI is InChI=1S/C13H9ClF2/c1-8-5-6-9(7-11(8)14)10-3-2-4-12(15)13(10)16/h2-7H,1H3. The highest BCUT2D eigenvalue weighted by Crippen LogP contribution is 2.28. The fraction of sp³-hybridized carbons (Fsp3) is 0.0769. The van der Waals surface area contributed by atoms with E-state index in [0.29, 0.717) is 10.6 Å². The second-order valence-corrected chi connectivity index (χ2v) is 3.97. The van der Waals surface area contributed by atoms with E-state index in [0.717, 1.165) is 11.6 Å². The molecule has 0 amide bonds. The highest BCUT2D eigenvalue weighted by Gasteiger charge is 2.10. The maximum absolute atomic E-state index is 13.5. The number of halogens is 3. The Hall–Kier alpha value is -1.41. The Balaban J connectivity index is 2.59. The van der Waals surface area contributed by atoms with Crippen LogP contribution in [-0.2, 0) is 0 Å². The second kappa shape index (κ2) is 4.22. The van der Waals surface area contributed by atoms with Crippen LogP contribution in [-0.4, -0.2) is 0 Å². The zero-order valence-electron chi connectivity index (χ0n) is 8.60. The number of rotatable bonds is 1. The zero-order chi connectivity index (χ0) is 11.7. The van der Waals surface area contributed by atoms with Gasteiger partial charge in [0.2, 0.25) is 0 Å². The first-order valence-corrected chi connectivity index (χ1v) is 5.18. The van der Waals surface area contributed by atoms with E-state index in [1.807, 2.05) is 6.92 Å². The molecule has 2 rings (SSSR count). The van der Waals surface area contributed by atoms with Gasteiger partial charge in [-0.1, -0.05) is 35.9 Å². The van der Waals surface area contributed by atoms with Crippen molar-refractivity contribution in [2.45, 2.75) is 6.92 Å². The molecule has 0 aliphatic carbocycles. The molecule has 16 heavy (non-hydrogen) atoms. The number of hydrogen-bond acceptors (Lipinski definition) is 0. The monoisotopic (exact) mass is 238 g/mol. The van der Waals surface area contributed by atoms with E-state index in [1.54, 1.807) is 18.2 Å². The van der Waals surface area contributed by atoms with Gasteiger partial charge in [0, 0.05) is 10.6 Å². The van der Waals surface area contributed by atoms with Gasteiger partial charge in [0.15, 0.2) is 11.6 Å². The Morgan fingerprint density at radius 3 is 2.50 bits per heavy atom. The van der Waals surface area contributed by atoms with Crippen LogP contribution < -0.4 is 0 Å². The molecule has 0 saturated heterocycles. The Morgan fingerprint density at radius 2 is 1.81 bits per heavy atom. The number of hydrogen-bond donors (Lipinski definition) is 0. The first kappa shape index (κ1) is 11.1. The van der Waals surface area contributed by atoms with Gasteiger partial charge in [-0.2, -0.15) is 0 Å². The summed E-state index contributed by atoms with van der Waals surface area (Å²) < 4.78 is 26.5. The lowest BCUT2D eigenvalue weighted by Crippen LogP contribution is -1.89. The molecule has 0 N–H and O–H groups in total. The Morgan fingerprint density at radius 1 is 1.06 bits per heavy atom. The second-order valence-electron chi connectivity index (χ2n) is 3.57. The van der Waals surface area contributed by atoms with Crippen LogP contribution >= 0.6 is 11.6 Å². The van der Waals surface area contributed by atoms with Gasteiger partial charge in [0.05, 0.1) is 0 Å². The summed E-state index contributed by atoms with van der Waals surface area (Å²) in [5.74, 6) is -1.70. The molecule has 0 aliphatic heterocycles. The van der Waals surface area contributed by atoms with Crippen molar-refractivity contribution in [3.05, 3.63) is 58.6 Å². The normalized spacial score (nSPS) is 10.5. The molecule has 3 heteroatoms. The van der Waals surface area contributed by atoms with Crippen molar-refractivity contribution < 1.29 is 8.78 Å². The molecule has 0 heterocycles. The summed E-state index contributed by atoms with van der Waals surface area (Å²) >= 11 is 5.94. The molecule has 0 atom stereocenters. The van der Waals surface area contributed by atoms with E-state index in [-0.39, 0.29) is 5.56 Å². The fourth-order valence-electron chi connectivity index (χ4n) is 1.49. The number of aryl methyl sites for hydroxylation is 1. The van der Waals surface area contributed by atoms with Crippen molar-refractivity contribution in [1.29, 1.82) is 0 Å². The smallest absolute Gasteiger partial charge is 0.166 e. The summed E-state index contributed by atoms with van der Waals surface area (Å²) in [5, 5.41) is 0.543. The summed E-state index contributed by atoms with van der Waals surface area (Å²) in [7, 11) is 0. The average molecular weight is 239 g/mol. The van der Waals surface area contributed by atoms with Gasteiger partial charge in [-0.25, -0.2) is 8.78 Å². The highest BCUT2D eigenvalue weighted by molar-refractivity contribution is 6.31. The molecule has 2 aromatic carbocycles. The van der Waals surface area contributed by atoms with Crippen LogP contribution in [0.4, 0.5) is 8.78 Å². The molecule has 0 nitrogen and oxygen atoms in total. The third-order valence-corrected chi connectivity index (χ3v) is 2.84. The molecule has 0 aliphatic rings. The van der Waals surface area contributed by atoms with Gasteiger partial charge >= 0.3 is 0 Å². The Kier molecular flexibility index (Phi) is 2.92. The van der Waals surface area contributed by atoms with Crippen LogP contribution in [0.25, 0.3) is 11.1 Å². The third kappa shape index (κ3) is 1.93. The molecule has 0 radical (unpaired) electrons. The van der Waals surface area contributed by atoms with E-state index < -0.39 is 11.6 Å². The largest absolute Gasteiger partial charge is 0.204 e. The van der Waals surface area contributed by atoms with Crippen molar-refractivity contribution in [2.24, 2.45) is 0 Å². The average Bonchev–Trinajstić information content (AvgIpc) is 2.26. The van der Waals surface area contributed by atoms with Gasteiger partial charge in [-0.15, -0.1) is 0 Å². The lowest BCUT2D eigenvalue weighted by Gasteiger charge is -2.06. The summed E-state index contributed by atoms with van der Waals surface area (Å²) in [6, 6.07) is 9.23. The minimum atomic E-state index is -0.853. The molecule has 0 fully saturated rings.